The van der Waals surface area contributed by atoms with Crippen LogP contribution in [0.4, 0.5) is 0 Å². The summed E-state index contributed by atoms with van der Waals surface area (Å²) in [5.41, 5.74) is 7.10. The van der Waals surface area contributed by atoms with Gasteiger partial charge in [0.25, 0.3) is 0 Å². The number of methoxy groups -OCH3 is 2. The standard InChI is InChI=1S/C13H21NO2S/c1-10(14)13-11(16-3)6-4-7-12(13)17-9-5-8-15-2/h4,6-7,10H,5,8-9,14H2,1-3H3. The Bertz CT molecular complexity index is 342. The van der Waals surface area contributed by atoms with Crippen molar-refractivity contribution in [2.24, 2.45) is 5.73 Å². The van der Waals surface area contributed by atoms with Gasteiger partial charge in [-0.05, 0) is 25.5 Å². The number of rotatable bonds is 7. The van der Waals surface area contributed by atoms with Gasteiger partial charge in [-0.15, -0.1) is 11.8 Å². The van der Waals surface area contributed by atoms with Crippen molar-refractivity contribution in [3.05, 3.63) is 23.8 Å². The van der Waals surface area contributed by atoms with Crippen molar-refractivity contribution < 1.29 is 9.47 Å². The van der Waals surface area contributed by atoms with Crippen molar-refractivity contribution in [2.75, 3.05) is 26.6 Å². The molecule has 1 atom stereocenters. The number of benzene rings is 1. The lowest BCUT2D eigenvalue weighted by molar-refractivity contribution is 0.200. The Kier molecular flexibility index (Phi) is 6.40. The summed E-state index contributed by atoms with van der Waals surface area (Å²) in [5, 5.41) is 0. The normalized spacial score (nSPS) is 12.5. The summed E-state index contributed by atoms with van der Waals surface area (Å²) in [6.07, 6.45) is 1.04. The minimum absolute atomic E-state index is 0.0175. The smallest absolute Gasteiger partial charge is 0.124 e. The molecule has 3 nitrogen and oxygen atoms in total. The highest BCUT2D eigenvalue weighted by Gasteiger charge is 2.12. The van der Waals surface area contributed by atoms with E-state index < -0.39 is 0 Å². The molecule has 1 aromatic rings. The monoisotopic (exact) mass is 255 g/mol. The van der Waals surface area contributed by atoms with Crippen molar-refractivity contribution >= 4 is 11.8 Å². The molecule has 0 aromatic heterocycles. The summed E-state index contributed by atoms with van der Waals surface area (Å²) in [5.74, 6) is 1.90. The zero-order valence-electron chi connectivity index (χ0n) is 10.7. The first-order chi connectivity index (χ1) is 8.20. The van der Waals surface area contributed by atoms with Crippen LogP contribution in [0.25, 0.3) is 0 Å². The molecule has 4 heteroatoms. The largest absolute Gasteiger partial charge is 0.496 e. The van der Waals surface area contributed by atoms with E-state index in [1.165, 1.54) is 4.90 Å². The van der Waals surface area contributed by atoms with E-state index in [4.69, 9.17) is 15.2 Å². The van der Waals surface area contributed by atoms with Crippen molar-refractivity contribution in [2.45, 2.75) is 24.3 Å². The molecule has 17 heavy (non-hydrogen) atoms. The fourth-order valence-electron chi connectivity index (χ4n) is 1.66. The van der Waals surface area contributed by atoms with Crippen molar-refractivity contribution in [3.63, 3.8) is 0 Å². The van der Waals surface area contributed by atoms with Gasteiger partial charge < -0.3 is 15.2 Å². The number of hydrogen-bond donors (Lipinski definition) is 1. The second-order valence-electron chi connectivity index (χ2n) is 3.86. The lowest BCUT2D eigenvalue weighted by Gasteiger charge is -2.16. The van der Waals surface area contributed by atoms with Crippen LogP contribution in [0.15, 0.2) is 23.1 Å². The van der Waals surface area contributed by atoms with Crippen LogP contribution < -0.4 is 10.5 Å². The Hall–Kier alpha value is -0.710. The third kappa shape index (κ3) is 4.22. The van der Waals surface area contributed by atoms with E-state index >= 15 is 0 Å². The fraction of sp³-hybridized carbons (Fsp3) is 0.538. The third-order valence-electron chi connectivity index (χ3n) is 2.45. The highest BCUT2D eigenvalue weighted by atomic mass is 32.2. The summed E-state index contributed by atoms with van der Waals surface area (Å²) in [7, 11) is 3.41. The second-order valence-corrected chi connectivity index (χ2v) is 4.99. The molecule has 0 heterocycles. The Labute approximate surface area is 108 Å². The van der Waals surface area contributed by atoms with Crippen LogP contribution in [0.3, 0.4) is 0 Å². The molecule has 0 radical (unpaired) electrons. The lowest BCUT2D eigenvalue weighted by Crippen LogP contribution is -2.08. The van der Waals surface area contributed by atoms with Gasteiger partial charge >= 0.3 is 0 Å². The fourth-order valence-corrected chi connectivity index (χ4v) is 2.76. The van der Waals surface area contributed by atoms with E-state index in [2.05, 4.69) is 6.07 Å². The first kappa shape index (κ1) is 14.4. The number of nitrogens with two attached hydrogens (primary N) is 1. The van der Waals surface area contributed by atoms with Gasteiger partial charge in [0.2, 0.25) is 0 Å². The van der Waals surface area contributed by atoms with Gasteiger partial charge in [0, 0.05) is 36.0 Å². The Balaban J connectivity index is 2.76. The lowest BCUT2D eigenvalue weighted by atomic mass is 10.1. The predicted molar refractivity (Wildman–Crippen MR) is 72.8 cm³/mol. The van der Waals surface area contributed by atoms with Crippen molar-refractivity contribution in [3.8, 4) is 5.75 Å². The van der Waals surface area contributed by atoms with Gasteiger partial charge in [0.1, 0.15) is 5.75 Å². The van der Waals surface area contributed by atoms with Crippen LogP contribution in [-0.4, -0.2) is 26.6 Å². The molecular weight excluding hydrogens is 234 g/mol. The molecular formula is C13H21NO2S. The molecule has 0 amide bonds. The highest BCUT2D eigenvalue weighted by molar-refractivity contribution is 7.99. The quantitative estimate of drug-likeness (QED) is 0.601. The third-order valence-corrected chi connectivity index (χ3v) is 3.61. The molecule has 1 unspecified atom stereocenters. The summed E-state index contributed by atoms with van der Waals surface area (Å²) in [6.45, 7) is 2.78. The first-order valence-corrected chi connectivity index (χ1v) is 6.73. The Morgan fingerprint density at radius 2 is 2.12 bits per heavy atom. The Morgan fingerprint density at radius 3 is 2.71 bits per heavy atom. The van der Waals surface area contributed by atoms with Gasteiger partial charge in [-0.1, -0.05) is 6.07 Å². The van der Waals surface area contributed by atoms with E-state index in [0.717, 1.165) is 30.1 Å². The van der Waals surface area contributed by atoms with Gasteiger partial charge in [-0.2, -0.15) is 0 Å². The topological polar surface area (TPSA) is 44.5 Å². The molecule has 0 aliphatic carbocycles. The molecule has 2 N–H and O–H groups in total. The molecule has 96 valence electrons. The summed E-state index contributed by atoms with van der Waals surface area (Å²) >= 11 is 1.80. The van der Waals surface area contributed by atoms with E-state index in [1.54, 1.807) is 26.0 Å². The maximum Gasteiger partial charge on any atom is 0.124 e. The van der Waals surface area contributed by atoms with Gasteiger partial charge in [0.15, 0.2) is 0 Å². The molecule has 0 fully saturated rings. The average molecular weight is 255 g/mol. The summed E-state index contributed by atoms with van der Waals surface area (Å²) in [6, 6.07) is 6.04. The Morgan fingerprint density at radius 1 is 1.35 bits per heavy atom. The molecule has 0 aliphatic rings. The van der Waals surface area contributed by atoms with Crippen LogP contribution in [-0.2, 0) is 4.74 Å². The summed E-state index contributed by atoms with van der Waals surface area (Å²) in [4.78, 5) is 1.20. The van der Waals surface area contributed by atoms with E-state index in [1.807, 2.05) is 19.1 Å². The van der Waals surface area contributed by atoms with E-state index in [0.29, 0.717) is 0 Å². The molecule has 0 spiro atoms. The van der Waals surface area contributed by atoms with Crippen LogP contribution >= 0.6 is 11.8 Å². The van der Waals surface area contributed by atoms with Gasteiger partial charge in [0.05, 0.1) is 7.11 Å². The van der Waals surface area contributed by atoms with E-state index in [9.17, 15) is 0 Å². The number of ether oxygens (including phenoxy) is 2. The molecule has 0 aliphatic heterocycles. The molecule has 1 aromatic carbocycles. The molecule has 0 saturated heterocycles. The zero-order valence-corrected chi connectivity index (χ0v) is 11.5. The number of hydrogen-bond acceptors (Lipinski definition) is 4. The summed E-state index contributed by atoms with van der Waals surface area (Å²) < 4.78 is 10.4. The van der Waals surface area contributed by atoms with Gasteiger partial charge in [-0.25, -0.2) is 0 Å². The first-order valence-electron chi connectivity index (χ1n) is 5.75. The predicted octanol–water partition coefficient (Wildman–Crippen LogP) is 2.84. The molecule has 1 rings (SSSR count). The van der Waals surface area contributed by atoms with Crippen LogP contribution in [0.1, 0.15) is 24.9 Å². The van der Waals surface area contributed by atoms with Gasteiger partial charge in [-0.3, -0.25) is 0 Å². The van der Waals surface area contributed by atoms with Crippen LogP contribution in [0.5, 0.6) is 5.75 Å². The van der Waals surface area contributed by atoms with Crippen LogP contribution in [0.2, 0.25) is 0 Å². The van der Waals surface area contributed by atoms with Crippen molar-refractivity contribution in [1.29, 1.82) is 0 Å². The van der Waals surface area contributed by atoms with Crippen molar-refractivity contribution in [1.82, 2.24) is 0 Å². The minimum Gasteiger partial charge on any atom is -0.496 e. The number of thioether (sulfide) groups is 1. The average Bonchev–Trinajstić information content (AvgIpc) is 2.33. The minimum atomic E-state index is -0.0175. The maximum atomic E-state index is 6.00. The molecule has 0 bridgehead atoms. The highest BCUT2D eigenvalue weighted by Crippen LogP contribution is 2.34. The second kappa shape index (κ2) is 7.58. The molecule has 0 saturated carbocycles. The van der Waals surface area contributed by atoms with E-state index in [-0.39, 0.29) is 6.04 Å². The SMILES string of the molecule is COCCCSc1cccc(OC)c1C(C)N. The zero-order chi connectivity index (χ0) is 12.7. The maximum absolute atomic E-state index is 6.00. The van der Waals surface area contributed by atoms with Crippen LogP contribution in [0, 0.1) is 0 Å².